The minimum atomic E-state index is 0.0341. The van der Waals surface area contributed by atoms with Crippen molar-refractivity contribution in [3.05, 3.63) is 68.7 Å². The van der Waals surface area contributed by atoms with Gasteiger partial charge in [-0.15, -0.1) is 0 Å². The molecule has 2 nitrogen and oxygen atoms in total. The third-order valence-electron chi connectivity index (χ3n) is 4.10. The van der Waals surface area contributed by atoms with Gasteiger partial charge >= 0.3 is 0 Å². The topological polar surface area (TPSA) is 29.1 Å². The third kappa shape index (κ3) is 6.10. The van der Waals surface area contributed by atoms with Gasteiger partial charge in [0.05, 0.1) is 21.5 Å². The molecule has 0 saturated heterocycles. The van der Waals surface area contributed by atoms with E-state index in [1.807, 2.05) is 44.2 Å². The van der Waals surface area contributed by atoms with E-state index < -0.39 is 0 Å². The summed E-state index contributed by atoms with van der Waals surface area (Å²) in [7, 11) is 0. The van der Waals surface area contributed by atoms with Crippen LogP contribution in [0.15, 0.2) is 36.4 Å². The zero-order chi connectivity index (χ0) is 18.6. The van der Waals surface area contributed by atoms with Crippen LogP contribution in [0, 0.1) is 13.8 Å². The Morgan fingerprint density at radius 3 is 2.32 bits per heavy atom. The maximum Gasteiger partial charge on any atom is 0.176 e. The summed E-state index contributed by atoms with van der Waals surface area (Å²) in [6.45, 7) is 6.43. The van der Waals surface area contributed by atoms with Crippen LogP contribution in [0.5, 0.6) is 0 Å². The number of hydrogen-bond donors (Lipinski definition) is 1. The molecule has 2 aromatic carbocycles. The summed E-state index contributed by atoms with van der Waals surface area (Å²) in [5, 5.41) is 4.38. The number of hydrogen-bond acceptors (Lipinski definition) is 2. The lowest BCUT2D eigenvalue weighted by Gasteiger charge is -2.18. The molecule has 0 aromatic heterocycles. The smallest absolute Gasteiger partial charge is 0.176 e. The molecule has 2 rings (SSSR count). The SMILES string of the molecule is Cc1cc(C)cc(C(=O)CNC(Br)CC(C)c2ccc(Cl)c(Cl)c2)c1. The van der Waals surface area contributed by atoms with Crippen molar-refractivity contribution in [3.8, 4) is 0 Å². The van der Waals surface area contributed by atoms with Gasteiger partial charge in [0.2, 0.25) is 0 Å². The number of rotatable bonds is 7. The number of carbonyl (C=O) groups is 1. The van der Waals surface area contributed by atoms with E-state index in [1.165, 1.54) is 0 Å². The molecule has 5 heteroatoms. The highest BCUT2D eigenvalue weighted by atomic mass is 79.9. The summed E-state index contributed by atoms with van der Waals surface area (Å²) >= 11 is 15.7. The molecule has 0 aliphatic heterocycles. The van der Waals surface area contributed by atoms with E-state index in [4.69, 9.17) is 23.2 Å². The molecule has 0 fully saturated rings. The van der Waals surface area contributed by atoms with Crippen molar-refractivity contribution in [2.75, 3.05) is 6.54 Å². The molecule has 2 atom stereocenters. The standard InChI is InChI=1S/C20H22BrCl2NO/c1-12-6-13(2)8-16(7-12)19(25)11-24-20(21)9-14(3)15-4-5-17(22)18(23)10-15/h4-8,10,14,20,24H,9,11H2,1-3H3. The molecule has 25 heavy (non-hydrogen) atoms. The molecule has 134 valence electrons. The Labute approximate surface area is 168 Å². The highest BCUT2D eigenvalue weighted by molar-refractivity contribution is 9.09. The van der Waals surface area contributed by atoms with Crippen molar-refractivity contribution in [2.24, 2.45) is 0 Å². The van der Waals surface area contributed by atoms with Crippen LogP contribution >= 0.6 is 39.1 Å². The Morgan fingerprint density at radius 1 is 1.08 bits per heavy atom. The molecule has 0 aliphatic carbocycles. The molecule has 0 saturated carbocycles. The van der Waals surface area contributed by atoms with E-state index >= 15 is 0 Å². The highest BCUT2D eigenvalue weighted by Gasteiger charge is 2.15. The summed E-state index contributed by atoms with van der Waals surface area (Å²) in [5.74, 6) is 0.376. The zero-order valence-electron chi connectivity index (χ0n) is 14.6. The summed E-state index contributed by atoms with van der Waals surface area (Å²) in [6.07, 6.45) is 0.831. The van der Waals surface area contributed by atoms with Crippen LogP contribution < -0.4 is 5.32 Å². The fraction of sp³-hybridized carbons (Fsp3) is 0.350. The van der Waals surface area contributed by atoms with Gasteiger partial charge < -0.3 is 0 Å². The zero-order valence-corrected chi connectivity index (χ0v) is 17.7. The number of benzene rings is 2. The Hall–Kier alpha value is -0.870. The van der Waals surface area contributed by atoms with Crippen molar-refractivity contribution in [1.82, 2.24) is 5.32 Å². The number of aryl methyl sites for hydroxylation is 2. The van der Waals surface area contributed by atoms with Crippen molar-refractivity contribution in [3.63, 3.8) is 0 Å². The number of carbonyl (C=O) groups excluding carboxylic acids is 1. The number of Topliss-reactive ketones (excluding diaryl/α,β-unsaturated/α-hetero) is 1. The van der Waals surface area contributed by atoms with Crippen LogP contribution in [-0.4, -0.2) is 17.3 Å². The first-order chi connectivity index (χ1) is 11.8. The molecule has 2 unspecified atom stereocenters. The minimum absolute atomic E-state index is 0.0341. The van der Waals surface area contributed by atoms with Crippen LogP contribution in [0.4, 0.5) is 0 Å². The first-order valence-electron chi connectivity index (χ1n) is 8.20. The van der Waals surface area contributed by atoms with Crippen LogP contribution in [0.1, 0.15) is 46.3 Å². The van der Waals surface area contributed by atoms with Crippen LogP contribution in [-0.2, 0) is 0 Å². The van der Waals surface area contributed by atoms with Gasteiger partial charge in [-0.3, -0.25) is 10.1 Å². The lowest BCUT2D eigenvalue weighted by atomic mass is 9.98. The van der Waals surface area contributed by atoms with Crippen LogP contribution in [0.25, 0.3) is 0 Å². The van der Waals surface area contributed by atoms with E-state index in [9.17, 15) is 4.79 Å². The molecule has 0 radical (unpaired) electrons. The molecule has 0 aliphatic rings. The molecule has 2 aromatic rings. The second kappa shape index (κ2) is 9.18. The van der Waals surface area contributed by atoms with Crippen molar-refractivity contribution in [1.29, 1.82) is 0 Å². The molecule has 0 bridgehead atoms. The van der Waals surface area contributed by atoms with E-state index in [-0.39, 0.29) is 16.7 Å². The molecular weight excluding hydrogens is 421 g/mol. The fourth-order valence-corrected chi connectivity index (χ4v) is 3.82. The lowest BCUT2D eigenvalue weighted by Crippen LogP contribution is -2.30. The van der Waals surface area contributed by atoms with E-state index in [0.717, 1.165) is 28.7 Å². The van der Waals surface area contributed by atoms with Gasteiger partial charge in [-0.05, 0) is 56.0 Å². The average Bonchev–Trinajstić information content (AvgIpc) is 2.54. The Kier molecular flexibility index (Phi) is 7.51. The molecule has 0 heterocycles. The Balaban J connectivity index is 1.90. The molecule has 0 spiro atoms. The maximum absolute atomic E-state index is 12.4. The van der Waals surface area contributed by atoms with Gasteiger partial charge in [0.25, 0.3) is 0 Å². The number of halogens is 3. The van der Waals surface area contributed by atoms with E-state index in [1.54, 1.807) is 0 Å². The second-order valence-corrected chi connectivity index (χ2v) is 8.38. The van der Waals surface area contributed by atoms with Gasteiger partial charge in [-0.2, -0.15) is 0 Å². The Morgan fingerprint density at radius 2 is 1.72 bits per heavy atom. The van der Waals surface area contributed by atoms with Gasteiger partial charge in [-0.25, -0.2) is 0 Å². The molecule has 0 amide bonds. The van der Waals surface area contributed by atoms with Crippen LogP contribution in [0.3, 0.4) is 0 Å². The average molecular weight is 443 g/mol. The van der Waals surface area contributed by atoms with E-state index in [2.05, 4.69) is 34.2 Å². The summed E-state index contributed by atoms with van der Waals surface area (Å²) < 4.78 is 0. The quantitative estimate of drug-likeness (QED) is 0.309. The van der Waals surface area contributed by atoms with Gasteiger partial charge in [0.1, 0.15) is 0 Å². The van der Waals surface area contributed by atoms with Gasteiger partial charge in [-0.1, -0.05) is 69.3 Å². The summed E-state index contributed by atoms with van der Waals surface area (Å²) in [5.41, 5.74) is 4.09. The predicted molar refractivity (Wildman–Crippen MR) is 110 cm³/mol. The predicted octanol–water partition coefficient (Wildman–Crippen LogP) is 6.30. The normalized spacial score (nSPS) is 13.5. The maximum atomic E-state index is 12.4. The monoisotopic (exact) mass is 441 g/mol. The van der Waals surface area contributed by atoms with Crippen molar-refractivity contribution in [2.45, 2.75) is 38.1 Å². The Bertz CT molecular complexity index is 743. The van der Waals surface area contributed by atoms with Crippen molar-refractivity contribution >= 4 is 44.9 Å². The fourth-order valence-electron chi connectivity index (χ4n) is 2.79. The lowest BCUT2D eigenvalue weighted by molar-refractivity contribution is 0.0990. The van der Waals surface area contributed by atoms with Gasteiger partial charge in [0, 0.05) is 5.56 Å². The molecular formula is C20H22BrCl2NO. The number of nitrogens with one attached hydrogen (secondary N) is 1. The first kappa shape index (κ1) is 20.4. The minimum Gasteiger partial charge on any atom is -0.298 e. The summed E-state index contributed by atoms with van der Waals surface area (Å²) in [4.78, 5) is 12.4. The molecule has 1 N–H and O–H groups in total. The van der Waals surface area contributed by atoms with Gasteiger partial charge in [0.15, 0.2) is 5.78 Å². The largest absolute Gasteiger partial charge is 0.298 e. The van der Waals surface area contributed by atoms with Crippen molar-refractivity contribution < 1.29 is 4.79 Å². The summed E-state index contributed by atoms with van der Waals surface area (Å²) in [6, 6.07) is 11.6. The first-order valence-corrected chi connectivity index (χ1v) is 9.87. The van der Waals surface area contributed by atoms with Crippen LogP contribution in [0.2, 0.25) is 10.0 Å². The number of alkyl halides is 1. The third-order valence-corrected chi connectivity index (χ3v) is 5.54. The number of ketones is 1. The highest BCUT2D eigenvalue weighted by Crippen LogP contribution is 2.29. The van der Waals surface area contributed by atoms with E-state index in [0.29, 0.717) is 16.6 Å². The second-order valence-electron chi connectivity index (χ2n) is 6.46.